The van der Waals surface area contributed by atoms with Crippen molar-refractivity contribution in [2.24, 2.45) is 11.1 Å². The summed E-state index contributed by atoms with van der Waals surface area (Å²) in [6, 6.07) is 4.73. The number of rotatable bonds is 5. The molecule has 0 aliphatic rings. The zero-order valence-electron chi connectivity index (χ0n) is 11.3. The number of methoxy groups -OCH3 is 1. The Hall–Kier alpha value is -2.24. The van der Waals surface area contributed by atoms with Crippen LogP contribution in [0, 0.1) is 5.41 Å². The number of carbonyl (C=O) groups excluding carboxylic acids is 2. The van der Waals surface area contributed by atoms with Gasteiger partial charge in [0.25, 0.3) is 5.91 Å². The van der Waals surface area contributed by atoms with Crippen molar-refractivity contribution in [3.05, 3.63) is 23.8 Å². The predicted molar refractivity (Wildman–Crippen MR) is 72.7 cm³/mol. The zero-order chi connectivity index (χ0) is 14.6. The second kappa shape index (κ2) is 5.60. The van der Waals surface area contributed by atoms with Crippen LogP contribution >= 0.6 is 0 Å². The molecule has 0 radical (unpaired) electrons. The zero-order valence-corrected chi connectivity index (χ0v) is 11.3. The van der Waals surface area contributed by atoms with E-state index in [9.17, 15) is 9.59 Å². The molecule has 6 nitrogen and oxygen atoms in total. The van der Waals surface area contributed by atoms with Crippen molar-refractivity contribution < 1.29 is 14.3 Å². The molecule has 6 heteroatoms. The summed E-state index contributed by atoms with van der Waals surface area (Å²) >= 11 is 0. The lowest BCUT2D eigenvalue weighted by Gasteiger charge is -2.20. The molecule has 0 bridgehead atoms. The summed E-state index contributed by atoms with van der Waals surface area (Å²) in [4.78, 5) is 23.0. The Balaban J connectivity index is 2.74. The molecule has 19 heavy (non-hydrogen) atoms. The number of benzene rings is 1. The van der Waals surface area contributed by atoms with E-state index < -0.39 is 11.3 Å². The Labute approximate surface area is 112 Å². The number of nitrogens with two attached hydrogens (primary N) is 2. The number of carbonyl (C=O) groups is 2. The van der Waals surface area contributed by atoms with E-state index in [1.807, 2.05) is 0 Å². The molecule has 0 atom stereocenters. The third kappa shape index (κ3) is 3.61. The first kappa shape index (κ1) is 14.8. The van der Waals surface area contributed by atoms with Crippen LogP contribution in [0.25, 0.3) is 0 Å². The average Bonchev–Trinajstić information content (AvgIpc) is 2.35. The molecule has 0 aliphatic carbocycles. The van der Waals surface area contributed by atoms with E-state index in [4.69, 9.17) is 16.2 Å². The van der Waals surface area contributed by atoms with Gasteiger partial charge in [-0.15, -0.1) is 0 Å². The van der Waals surface area contributed by atoms with Gasteiger partial charge in [0.05, 0.1) is 18.2 Å². The summed E-state index contributed by atoms with van der Waals surface area (Å²) in [5.74, 6) is -0.278. The van der Waals surface area contributed by atoms with Gasteiger partial charge in [0, 0.05) is 12.1 Å². The van der Waals surface area contributed by atoms with Gasteiger partial charge in [0.1, 0.15) is 5.75 Å². The van der Waals surface area contributed by atoms with Gasteiger partial charge < -0.3 is 21.5 Å². The lowest BCUT2D eigenvalue weighted by molar-refractivity contribution is -0.125. The summed E-state index contributed by atoms with van der Waals surface area (Å²) < 4.78 is 5.01. The maximum absolute atomic E-state index is 11.9. The minimum absolute atomic E-state index is 0.160. The van der Waals surface area contributed by atoms with Crippen molar-refractivity contribution in [2.75, 3.05) is 19.4 Å². The van der Waals surface area contributed by atoms with E-state index in [0.717, 1.165) is 0 Å². The smallest absolute Gasteiger partial charge is 0.251 e. The van der Waals surface area contributed by atoms with E-state index >= 15 is 0 Å². The van der Waals surface area contributed by atoms with Crippen molar-refractivity contribution >= 4 is 17.5 Å². The van der Waals surface area contributed by atoms with Gasteiger partial charge in [-0.1, -0.05) is 0 Å². The quantitative estimate of drug-likeness (QED) is 0.674. The molecule has 0 aromatic heterocycles. The van der Waals surface area contributed by atoms with Crippen LogP contribution < -0.4 is 21.5 Å². The third-order valence-corrected chi connectivity index (χ3v) is 2.85. The molecule has 1 aromatic rings. The molecule has 2 amide bonds. The molecule has 0 aliphatic heterocycles. The van der Waals surface area contributed by atoms with Gasteiger partial charge >= 0.3 is 0 Å². The Morgan fingerprint density at radius 1 is 1.37 bits per heavy atom. The number of anilines is 1. The van der Waals surface area contributed by atoms with Gasteiger partial charge in [0.15, 0.2) is 0 Å². The number of primary amides is 1. The Morgan fingerprint density at radius 2 is 2.00 bits per heavy atom. The standard InChI is InChI=1S/C13H19N3O3/c1-13(2,12(15)18)7-16-11(17)8-4-5-10(19-3)9(14)6-8/h4-6H,7,14H2,1-3H3,(H2,15,18)(H,16,17). The van der Waals surface area contributed by atoms with Crippen molar-refractivity contribution in [3.63, 3.8) is 0 Å². The first-order valence-electron chi connectivity index (χ1n) is 5.79. The lowest BCUT2D eigenvalue weighted by Crippen LogP contribution is -2.42. The maximum atomic E-state index is 11.9. The number of ether oxygens (including phenoxy) is 1. The van der Waals surface area contributed by atoms with Gasteiger partial charge in [-0.2, -0.15) is 0 Å². The highest BCUT2D eigenvalue weighted by molar-refractivity contribution is 5.95. The van der Waals surface area contributed by atoms with Gasteiger partial charge in [-0.25, -0.2) is 0 Å². The molecule has 104 valence electrons. The highest BCUT2D eigenvalue weighted by atomic mass is 16.5. The largest absolute Gasteiger partial charge is 0.495 e. The fourth-order valence-corrected chi connectivity index (χ4v) is 1.37. The van der Waals surface area contributed by atoms with E-state index in [0.29, 0.717) is 17.0 Å². The number of hydrogen-bond donors (Lipinski definition) is 3. The Kier molecular flexibility index (Phi) is 4.37. The first-order chi connectivity index (χ1) is 8.77. The maximum Gasteiger partial charge on any atom is 0.251 e. The Bertz CT molecular complexity index is 498. The van der Waals surface area contributed by atoms with Crippen molar-refractivity contribution in [1.29, 1.82) is 0 Å². The van der Waals surface area contributed by atoms with Crippen LogP contribution in [0.5, 0.6) is 5.75 Å². The van der Waals surface area contributed by atoms with E-state index in [1.165, 1.54) is 13.2 Å². The molecule has 1 rings (SSSR count). The van der Waals surface area contributed by atoms with E-state index in [1.54, 1.807) is 26.0 Å². The average molecular weight is 265 g/mol. The van der Waals surface area contributed by atoms with Crippen LogP contribution in [-0.2, 0) is 4.79 Å². The molecule has 0 spiro atoms. The van der Waals surface area contributed by atoms with E-state index in [2.05, 4.69) is 5.32 Å². The normalized spacial score (nSPS) is 10.9. The topological polar surface area (TPSA) is 107 Å². The second-order valence-corrected chi connectivity index (χ2v) is 4.89. The molecule has 0 heterocycles. The summed E-state index contributed by atoms with van der Waals surface area (Å²) in [5.41, 5.74) is 10.9. The lowest BCUT2D eigenvalue weighted by atomic mass is 9.92. The number of hydrogen-bond acceptors (Lipinski definition) is 4. The second-order valence-electron chi connectivity index (χ2n) is 4.89. The van der Waals surface area contributed by atoms with Gasteiger partial charge in [-0.05, 0) is 32.0 Å². The monoisotopic (exact) mass is 265 g/mol. The van der Waals surface area contributed by atoms with Gasteiger partial charge in [-0.3, -0.25) is 9.59 Å². The van der Waals surface area contributed by atoms with Crippen LogP contribution in [0.2, 0.25) is 0 Å². The van der Waals surface area contributed by atoms with Crippen LogP contribution in [0.4, 0.5) is 5.69 Å². The summed E-state index contributed by atoms with van der Waals surface area (Å²) in [6.07, 6.45) is 0. The SMILES string of the molecule is COc1ccc(C(=O)NCC(C)(C)C(N)=O)cc1N. The summed E-state index contributed by atoms with van der Waals surface area (Å²) in [5, 5.41) is 2.65. The summed E-state index contributed by atoms with van der Waals surface area (Å²) in [7, 11) is 1.50. The van der Waals surface area contributed by atoms with Crippen LogP contribution in [0.15, 0.2) is 18.2 Å². The van der Waals surface area contributed by atoms with Crippen LogP contribution in [0.3, 0.4) is 0 Å². The fraction of sp³-hybridized carbons (Fsp3) is 0.385. The molecule has 0 saturated carbocycles. The van der Waals surface area contributed by atoms with Crippen molar-refractivity contribution in [3.8, 4) is 5.75 Å². The highest BCUT2D eigenvalue weighted by Crippen LogP contribution is 2.22. The van der Waals surface area contributed by atoms with Gasteiger partial charge in [0.2, 0.25) is 5.91 Å². The third-order valence-electron chi connectivity index (χ3n) is 2.85. The van der Waals surface area contributed by atoms with Crippen molar-refractivity contribution in [2.45, 2.75) is 13.8 Å². The first-order valence-corrected chi connectivity index (χ1v) is 5.79. The fourth-order valence-electron chi connectivity index (χ4n) is 1.37. The van der Waals surface area contributed by atoms with Crippen LogP contribution in [0.1, 0.15) is 24.2 Å². The van der Waals surface area contributed by atoms with Crippen LogP contribution in [-0.4, -0.2) is 25.5 Å². The highest BCUT2D eigenvalue weighted by Gasteiger charge is 2.25. The molecule has 1 aromatic carbocycles. The molecule has 0 fully saturated rings. The molecular weight excluding hydrogens is 246 g/mol. The molecule has 0 saturated heterocycles. The summed E-state index contributed by atoms with van der Waals surface area (Å²) in [6.45, 7) is 3.49. The minimum atomic E-state index is -0.798. The van der Waals surface area contributed by atoms with Crippen molar-refractivity contribution in [1.82, 2.24) is 5.32 Å². The molecule has 0 unspecified atom stereocenters. The predicted octanol–water partition coefficient (Wildman–Crippen LogP) is 0.519. The van der Waals surface area contributed by atoms with E-state index in [-0.39, 0.29) is 12.5 Å². The molecular formula is C13H19N3O3. The number of nitrogens with one attached hydrogen (secondary N) is 1. The minimum Gasteiger partial charge on any atom is -0.495 e. The number of amides is 2. The Morgan fingerprint density at radius 3 is 2.47 bits per heavy atom. The number of nitrogen functional groups attached to an aromatic ring is 1. The molecule has 5 N–H and O–H groups in total.